The van der Waals surface area contributed by atoms with Crippen molar-refractivity contribution in [1.29, 1.82) is 0 Å². The fraction of sp³-hybridized carbons (Fsp3) is 1.00. The van der Waals surface area contributed by atoms with E-state index in [0.717, 1.165) is 27.2 Å². The molecular formula is C8H19FO4. The van der Waals surface area contributed by atoms with Crippen LogP contribution < -0.4 is 0 Å². The van der Waals surface area contributed by atoms with Gasteiger partial charge in [0.2, 0.25) is 0 Å². The third kappa shape index (κ3) is 9.69. The van der Waals surface area contributed by atoms with Crippen LogP contribution in [0.25, 0.3) is 0 Å². The monoisotopic (exact) mass is 198 g/mol. The van der Waals surface area contributed by atoms with E-state index >= 15 is 0 Å². The maximum absolute atomic E-state index is 9.79. The van der Waals surface area contributed by atoms with Gasteiger partial charge in [-0.2, -0.15) is 4.94 Å². The van der Waals surface area contributed by atoms with Crippen molar-refractivity contribution in [3.8, 4) is 0 Å². The van der Waals surface area contributed by atoms with Crippen molar-refractivity contribution in [3.63, 3.8) is 0 Å². The molecule has 0 radical (unpaired) electrons. The Morgan fingerprint density at radius 3 is 2.15 bits per heavy atom. The Morgan fingerprint density at radius 1 is 1.54 bits per heavy atom. The molecule has 0 saturated carbocycles. The summed E-state index contributed by atoms with van der Waals surface area (Å²) in [5, 5.41) is 15.6. The average Bonchev–Trinajstić information content (AvgIpc) is 2.56. The van der Waals surface area contributed by atoms with Gasteiger partial charge in [0, 0.05) is 13.7 Å². The highest BCUT2D eigenvalue weighted by atomic mass is 19.3. The second-order valence-electron chi connectivity index (χ2n) is 2.63. The molecular weight excluding hydrogens is 179 g/mol. The third-order valence-electron chi connectivity index (χ3n) is 1.49. The zero-order valence-corrected chi connectivity index (χ0v) is 8.36. The maximum Gasteiger partial charge on any atom is 0.0809 e. The van der Waals surface area contributed by atoms with E-state index in [2.05, 4.69) is 11.9 Å². The van der Waals surface area contributed by atoms with Crippen molar-refractivity contribution in [2.75, 3.05) is 27.4 Å². The predicted molar refractivity (Wildman–Crippen MR) is 46.9 cm³/mol. The van der Waals surface area contributed by atoms with Crippen molar-refractivity contribution in [1.82, 2.24) is 0 Å². The molecule has 1 rings (SSSR count). The highest BCUT2D eigenvalue weighted by molar-refractivity contribution is 4.68. The van der Waals surface area contributed by atoms with Crippen LogP contribution in [0.2, 0.25) is 0 Å². The fourth-order valence-electron chi connectivity index (χ4n) is 1.01. The normalized spacial score (nSPS) is 25.4. The molecule has 0 bridgehead atoms. The summed E-state index contributed by atoms with van der Waals surface area (Å²) in [4.78, 5) is 2.75. The minimum Gasteiger partial charge on any atom is -0.400 e. The van der Waals surface area contributed by atoms with Crippen LogP contribution >= 0.6 is 0 Å². The van der Waals surface area contributed by atoms with Gasteiger partial charge in [0.1, 0.15) is 0 Å². The van der Waals surface area contributed by atoms with Gasteiger partial charge in [-0.3, -0.25) is 0 Å². The van der Waals surface area contributed by atoms with E-state index in [1.54, 1.807) is 0 Å². The van der Waals surface area contributed by atoms with Crippen molar-refractivity contribution < 1.29 is 24.4 Å². The molecule has 1 saturated heterocycles. The Morgan fingerprint density at radius 2 is 2.00 bits per heavy atom. The van der Waals surface area contributed by atoms with Crippen LogP contribution in [0.4, 0.5) is 4.53 Å². The molecule has 0 aromatic heterocycles. The Balaban J connectivity index is 0. The van der Waals surface area contributed by atoms with Gasteiger partial charge in [-0.15, -0.1) is 0 Å². The molecule has 1 aliphatic rings. The van der Waals surface area contributed by atoms with Crippen LogP contribution in [-0.2, 0) is 9.68 Å². The standard InChI is InChI=1S/C6H12O2.CH3FO.CH4O/c1-5-2-6(3-7)8-4-5;1-3-2;1-2/h5-7H,2-4H2,1H3;1H3;2H,1H3. The van der Waals surface area contributed by atoms with E-state index in [-0.39, 0.29) is 12.7 Å². The number of aliphatic hydroxyl groups is 2. The van der Waals surface area contributed by atoms with Gasteiger partial charge in [0.25, 0.3) is 0 Å². The van der Waals surface area contributed by atoms with Crippen molar-refractivity contribution in [2.45, 2.75) is 19.4 Å². The largest absolute Gasteiger partial charge is 0.400 e. The molecule has 0 amide bonds. The minimum absolute atomic E-state index is 0.130. The Labute approximate surface area is 78.2 Å². The molecule has 0 aromatic rings. The van der Waals surface area contributed by atoms with Crippen LogP contribution in [0, 0.1) is 5.92 Å². The molecule has 5 heteroatoms. The third-order valence-corrected chi connectivity index (χ3v) is 1.49. The lowest BCUT2D eigenvalue weighted by Crippen LogP contribution is -2.09. The SMILES string of the molecule is CC1COC(CO)C1.CO.COF. The summed E-state index contributed by atoms with van der Waals surface area (Å²) in [5.41, 5.74) is 0. The molecule has 0 aliphatic carbocycles. The van der Waals surface area contributed by atoms with E-state index in [1.165, 1.54) is 0 Å². The predicted octanol–water partition coefficient (Wildman–Crippen LogP) is 0.529. The lowest BCUT2D eigenvalue weighted by molar-refractivity contribution is -0.0960. The van der Waals surface area contributed by atoms with Gasteiger partial charge in [0.15, 0.2) is 0 Å². The molecule has 2 N–H and O–H groups in total. The zero-order chi connectivity index (χ0) is 10.7. The maximum atomic E-state index is 9.79. The zero-order valence-electron chi connectivity index (χ0n) is 8.36. The number of hydrogen-bond donors (Lipinski definition) is 2. The number of ether oxygens (including phenoxy) is 1. The average molecular weight is 198 g/mol. The topological polar surface area (TPSA) is 58.9 Å². The van der Waals surface area contributed by atoms with Crippen molar-refractivity contribution in [2.24, 2.45) is 5.92 Å². The van der Waals surface area contributed by atoms with Crippen LogP contribution in [0.15, 0.2) is 0 Å². The summed E-state index contributed by atoms with van der Waals surface area (Å²) in [6.45, 7) is 3.14. The summed E-state index contributed by atoms with van der Waals surface area (Å²) in [5.74, 6) is 0.646. The van der Waals surface area contributed by atoms with Crippen molar-refractivity contribution in [3.05, 3.63) is 0 Å². The van der Waals surface area contributed by atoms with Gasteiger partial charge in [-0.05, 0) is 16.9 Å². The Kier molecular flexibility index (Phi) is 13.8. The smallest absolute Gasteiger partial charge is 0.0809 e. The summed E-state index contributed by atoms with van der Waals surface area (Å²) in [6, 6.07) is 0. The summed E-state index contributed by atoms with van der Waals surface area (Å²) < 4.78 is 15.0. The number of hydrogen-bond acceptors (Lipinski definition) is 4. The van der Waals surface area contributed by atoms with Gasteiger partial charge in [-0.25, -0.2) is 0 Å². The number of rotatable bonds is 1. The first-order valence-electron chi connectivity index (χ1n) is 4.06. The molecule has 2 unspecified atom stereocenters. The Hall–Kier alpha value is -0.230. The highest BCUT2D eigenvalue weighted by Gasteiger charge is 2.20. The van der Waals surface area contributed by atoms with E-state index < -0.39 is 0 Å². The first kappa shape index (κ1) is 15.3. The molecule has 2 atom stereocenters. The number of aliphatic hydroxyl groups excluding tert-OH is 2. The Bertz CT molecular complexity index is 92.2. The minimum atomic E-state index is 0.130. The van der Waals surface area contributed by atoms with Gasteiger partial charge in [-0.1, -0.05) is 6.92 Å². The lowest BCUT2D eigenvalue weighted by Gasteiger charge is -2.01. The van der Waals surface area contributed by atoms with E-state index in [1.807, 2.05) is 0 Å². The summed E-state index contributed by atoms with van der Waals surface area (Å²) >= 11 is 0. The van der Waals surface area contributed by atoms with Crippen LogP contribution in [0.3, 0.4) is 0 Å². The highest BCUT2D eigenvalue weighted by Crippen LogP contribution is 2.17. The molecule has 1 fully saturated rings. The molecule has 82 valence electrons. The molecule has 1 aliphatic heterocycles. The molecule has 1 heterocycles. The fourth-order valence-corrected chi connectivity index (χ4v) is 1.01. The first-order valence-corrected chi connectivity index (χ1v) is 4.06. The van der Waals surface area contributed by atoms with Gasteiger partial charge in [0.05, 0.1) is 19.8 Å². The van der Waals surface area contributed by atoms with Crippen LogP contribution in [0.1, 0.15) is 13.3 Å². The molecule has 0 spiro atoms. The molecule has 13 heavy (non-hydrogen) atoms. The van der Waals surface area contributed by atoms with E-state index in [0.29, 0.717) is 5.92 Å². The molecule has 0 aromatic carbocycles. The van der Waals surface area contributed by atoms with E-state index in [4.69, 9.17) is 14.9 Å². The van der Waals surface area contributed by atoms with Crippen molar-refractivity contribution >= 4 is 0 Å². The van der Waals surface area contributed by atoms with E-state index in [9.17, 15) is 4.53 Å². The first-order chi connectivity index (χ1) is 6.24. The van der Waals surface area contributed by atoms with Crippen LogP contribution in [-0.4, -0.2) is 43.8 Å². The second kappa shape index (κ2) is 11.8. The summed E-state index contributed by atoms with van der Waals surface area (Å²) in [7, 11) is 1.96. The second-order valence-corrected chi connectivity index (χ2v) is 2.63. The lowest BCUT2D eigenvalue weighted by atomic mass is 10.1. The van der Waals surface area contributed by atoms with Crippen LogP contribution in [0.5, 0.6) is 0 Å². The van der Waals surface area contributed by atoms with Gasteiger partial charge < -0.3 is 14.9 Å². The number of halogens is 1. The van der Waals surface area contributed by atoms with Gasteiger partial charge >= 0.3 is 0 Å². The quantitative estimate of drug-likeness (QED) is 0.645. The summed E-state index contributed by atoms with van der Waals surface area (Å²) in [6.07, 6.45) is 1.15. The molecule has 4 nitrogen and oxygen atoms in total.